The smallest absolute Gasteiger partial charge is 0.339 e. The molecule has 0 bridgehead atoms. The molecule has 0 atom stereocenters. The zero-order valence-corrected chi connectivity index (χ0v) is 11.6. The summed E-state index contributed by atoms with van der Waals surface area (Å²) < 4.78 is 5.53. The molecular formula is C11H14BrN3O2. The largest absolute Gasteiger partial charge is 0.462 e. The van der Waals surface area contributed by atoms with Crippen LogP contribution in [0.2, 0.25) is 0 Å². The van der Waals surface area contributed by atoms with Crippen LogP contribution in [0.3, 0.4) is 0 Å². The summed E-state index contributed by atoms with van der Waals surface area (Å²) in [6.07, 6.45) is 3.09. The number of aliphatic imine (C=N–C) groups is 1. The van der Waals surface area contributed by atoms with Crippen molar-refractivity contribution in [2.24, 2.45) is 4.99 Å². The lowest BCUT2D eigenvalue weighted by atomic mass is 10.3. The first kappa shape index (κ1) is 13.6. The van der Waals surface area contributed by atoms with E-state index in [0.717, 1.165) is 0 Å². The van der Waals surface area contributed by atoms with Crippen molar-refractivity contribution < 1.29 is 9.53 Å². The van der Waals surface area contributed by atoms with Crippen molar-refractivity contribution in [1.82, 2.24) is 9.88 Å². The Kier molecular flexibility index (Phi) is 5.09. The quantitative estimate of drug-likeness (QED) is 0.486. The van der Waals surface area contributed by atoms with E-state index in [-0.39, 0.29) is 5.97 Å². The van der Waals surface area contributed by atoms with Gasteiger partial charge in [-0.3, -0.25) is 0 Å². The number of halogens is 1. The molecule has 0 amide bonds. The fourth-order valence-corrected chi connectivity index (χ4v) is 1.47. The SMILES string of the molecule is CCOC(=O)c1cnc(/N=C\N(C)C)c(Br)c1. The number of pyridine rings is 1. The van der Waals surface area contributed by atoms with Crippen LogP contribution in [-0.2, 0) is 4.74 Å². The number of carbonyl (C=O) groups is 1. The van der Waals surface area contributed by atoms with E-state index in [4.69, 9.17) is 4.74 Å². The number of nitrogens with zero attached hydrogens (tertiary/aromatic N) is 3. The maximum absolute atomic E-state index is 11.4. The van der Waals surface area contributed by atoms with Crippen molar-refractivity contribution in [1.29, 1.82) is 0 Å². The Morgan fingerprint density at radius 1 is 1.65 bits per heavy atom. The van der Waals surface area contributed by atoms with Crippen molar-refractivity contribution in [3.8, 4) is 0 Å². The molecule has 92 valence electrons. The molecular weight excluding hydrogens is 286 g/mol. The van der Waals surface area contributed by atoms with Crippen LogP contribution in [0.1, 0.15) is 17.3 Å². The second-order valence-electron chi connectivity index (χ2n) is 3.46. The van der Waals surface area contributed by atoms with Gasteiger partial charge in [0.15, 0.2) is 5.82 Å². The fraction of sp³-hybridized carbons (Fsp3) is 0.364. The Balaban J connectivity index is 2.90. The van der Waals surface area contributed by atoms with Gasteiger partial charge < -0.3 is 9.64 Å². The molecule has 5 nitrogen and oxygen atoms in total. The first-order valence-corrected chi connectivity index (χ1v) is 5.87. The van der Waals surface area contributed by atoms with Gasteiger partial charge in [-0.05, 0) is 28.9 Å². The van der Waals surface area contributed by atoms with Crippen LogP contribution in [0, 0.1) is 0 Å². The summed E-state index contributed by atoms with van der Waals surface area (Å²) in [5, 5.41) is 0. The highest BCUT2D eigenvalue weighted by atomic mass is 79.9. The van der Waals surface area contributed by atoms with Crippen LogP contribution in [0.4, 0.5) is 5.82 Å². The van der Waals surface area contributed by atoms with Gasteiger partial charge in [0, 0.05) is 20.3 Å². The molecule has 0 spiro atoms. The van der Waals surface area contributed by atoms with Gasteiger partial charge in [-0.15, -0.1) is 0 Å². The average molecular weight is 300 g/mol. The van der Waals surface area contributed by atoms with E-state index in [0.29, 0.717) is 22.5 Å². The van der Waals surface area contributed by atoms with Crippen molar-refractivity contribution in [3.63, 3.8) is 0 Å². The van der Waals surface area contributed by atoms with E-state index in [1.54, 1.807) is 24.2 Å². The highest BCUT2D eigenvalue weighted by Gasteiger charge is 2.09. The number of hydrogen-bond acceptors (Lipinski definition) is 4. The molecule has 1 aromatic rings. The van der Waals surface area contributed by atoms with E-state index < -0.39 is 0 Å². The van der Waals surface area contributed by atoms with Gasteiger partial charge in [0.05, 0.1) is 23.0 Å². The Hall–Kier alpha value is -1.43. The molecule has 17 heavy (non-hydrogen) atoms. The second-order valence-corrected chi connectivity index (χ2v) is 4.31. The third-order valence-corrected chi connectivity index (χ3v) is 2.33. The number of esters is 1. The molecule has 0 aromatic carbocycles. The lowest BCUT2D eigenvalue weighted by Crippen LogP contribution is -2.07. The molecule has 6 heteroatoms. The van der Waals surface area contributed by atoms with Gasteiger partial charge in [-0.2, -0.15) is 0 Å². The van der Waals surface area contributed by atoms with Crippen LogP contribution in [0.15, 0.2) is 21.7 Å². The summed E-state index contributed by atoms with van der Waals surface area (Å²) in [5.74, 6) is 0.135. The Morgan fingerprint density at radius 2 is 2.35 bits per heavy atom. The third kappa shape index (κ3) is 4.14. The minimum atomic E-state index is -0.385. The fourth-order valence-electron chi connectivity index (χ4n) is 1.02. The van der Waals surface area contributed by atoms with Gasteiger partial charge in [0.2, 0.25) is 0 Å². The van der Waals surface area contributed by atoms with Crippen LogP contribution in [0.25, 0.3) is 0 Å². The van der Waals surface area contributed by atoms with Crippen LogP contribution < -0.4 is 0 Å². The predicted molar refractivity (Wildman–Crippen MR) is 69.7 cm³/mol. The minimum absolute atomic E-state index is 0.344. The van der Waals surface area contributed by atoms with Gasteiger partial charge in [0.25, 0.3) is 0 Å². The van der Waals surface area contributed by atoms with Gasteiger partial charge >= 0.3 is 5.97 Å². The predicted octanol–water partition coefficient (Wildman–Crippen LogP) is 2.24. The molecule has 1 heterocycles. The minimum Gasteiger partial charge on any atom is -0.462 e. The van der Waals surface area contributed by atoms with Crippen molar-refractivity contribution in [2.75, 3.05) is 20.7 Å². The molecule has 0 radical (unpaired) electrons. The molecule has 1 aromatic heterocycles. The van der Waals surface area contributed by atoms with E-state index >= 15 is 0 Å². The molecule has 0 N–H and O–H groups in total. The van der Waals surface area contributed by atoms with Gasteiger partial charge in [-0.25, -0.2) is 14.8 Å². The second kappa shape index (κ2) is 6.34. The summed E-state index contributed by atoms with van der Waals surface area (Å²) in [5.41, 5.74) is 0.405. The summed E-state index contributed by atoms with van der Waals surface area (Å²) in [4.78, 5) is 21.5. The number of ether oxygens (including phenoxy) is 1. The third-order valence-electron chi connectivity index (χ3n) is 1.74. The molecule has 1 rings (SSSR count). The summed E-state index contributed by atoms with van der Waals surface area (Å²) >= 11 is 3.31. The number of hydrogen-bond donors (Lipinski definition) is 0. The lowest BCUT2D eigenvalue weighted by molar-refractivity contribution is 0.0526. The molecule has 0 fully saturated rings. The zero-order chi connectivity index (χ0) is 12.8. The van der Waals surface area contributed by atoms with Gasteiger partial charge in [-0.1, -0.05) is 0 Å². The average Bonchev–Trinajstić information content (AvgIpc) is 2.27. The standard InChI is InChI=1S/C11H14BrN3O2/c1-4-17-11(16)8-5-9(12)10(13-6-8)14-7-15(2)3/h5-7H,4H2,1-3H3/b14-7-. The molecule has 0 aliphatic rings. The number of carbonyl (C=O) groups excluding carboxylic acids is 1. The molecule has 0 aliphatic carbocycles. The van der Waals surface area contributed by atoms with Crippen LogP contribution >= 0.6 is 15.9 Å². The Bertz CT molecular complexity index is 433. The van der Waals surface area contributed by atoms with E-state index in [2.05, 4.69) is 25.9 Å². The Labute approximate surface area is 109 Å². The highest BCUT2D eigenvalue weighted by molar-refractivity contribution is 9.10. The summed E-state index contributed by atoms with van der Waals surface area (Å²) in [7, 11) is 3.73. The Morgan fingerprint density at radius 3 is 2.88 bits per heavy atom. The maximum atomic E-state index is 11.4. The normalized spacial score (nSPS) is 10.6. The molecule has 0 saturated heterocycles. The number of aromatic nitrogens is 1. The maximum Gasteiger partial charge on any atom is 0.339 e. The van der Waals surface area contributed by atoms with Crippen LogP contribution in [0.5, 0.6) is 0 Å². The topological polar surface area (TPSA) is 54.8 Å². The van der Waals surface area contributed by atoms with E-state index in [1.807, 2.05) is 14.1 Å². The van der Waals surface area contributed by atoms with Gasteiger partial charge in [0.1, 0.15) is 0 Å². The van der Waals surface area contributed by atoms with Crippen molar-refractivity contribution >= 4 is 34.1 Å². The number of rotatable bonds is 4. The van der Waals surface area contributed by atoms with Crippen molar-refractivity contribution in [3.05, 3.63) is 22.3 Å². The monoisotopic (exact) mass is 299 g/mol. The van der Waals surface area contributed by atoms with E-state index in [1.165, 1.54) is 6.20 Å². The van der Waals surface area contributed by atoms with Crippen LogP contribution in [-0.4, -0.2) is 42.9 Å². The zero-order valence-electron chi connectivity index (χ0n) is 9.98. The van der Waals surface area contributed by atoms with E-state index in [9.17, 15) is 4.79 Å². The summed E-state index contributed by atoms with van der Waals surface area (Å²) in [6, 6.07) is 1.65. The lowest BCUT2D eigenvalue weighted by Gasteiger charge is -2.05. The first-order chi connectivity index (χ1) is 8.04. The highest BCUT2D eigenvalue weighted by Crippen LogP contribution is 2.23. The molecule has 0 unspecified atom stereocenters. The molecule has 0 saturated carbocycles. The summed E-state index contributed by atoms with van der Waals surface area (Å²) in [6.45, 7) is 2.10. The van der Waals surface area contributed by atoms with Crippen molar-refractivity contribution in [2.45, 2.75) is 6.92 Å². The first-order valence-electron chi connectivity index (χ1n) is 5.08. The molecule has 0 aliphatic heterocycles.